The van der Waals surface area contributed by atoms with Crippen molar-refractivity contribution < 1.29 is 22.6 Å². The minimum absolute atomic E-state index is 0.0591. The normalized spacial score (nSPS) is 27.8. The van der Waals surface area contributed by atoms with Gasteiger partial charge in [0, 0.05) is 31.0 Å². The number of rotatable bonds is 8. The fraction of sp³-hybridized carbons (Fsp3) is 0.500. The zero-order valence-corrected chi connectivity index (χ0v) is 29.5. The Labute approximate surface area is 299 Å². The highest BCUT2D eigenvalue weighted by molar-refractivity contribution is 6.05. The maximum Gasteiger partial charge on any atom is 0.319 e. The van der Waals surface area contributed by atoms with E-state index in [-0.39, 0.29) is 48.2 Å². The minimum Gasteiger partial charge on any atom is -0.475 e. The molecule has 52 heavy (non-hydrogen) atoms. The van der Waals surface area contributed by atoms with Gasteiger partial charge in [0.05, 0.1) is 35.5 Å². The highest BCUT2D eigenvalue weighted by atomic mass is 19.1. The van der Waals surface area contributed by atoms with Gasteiger partial charge in [0.2, 0.25) is 5.90 Å². The molecule has 5 aliphatic rings. The molecule has 3 N–H and O–H groups in total. The first kappa shape index (κ1) is 33.1. The Balaban J connectivity index is 1.21. The average Bonchev–Trinajstić information content (AvgIpc) is 3.89. The number of benzene rings is 1. The Morgan fingerprint density at radius 3 is 2.87 bits per heavy atom. The number of aromatic amines is 1. The summed E-state index contributed by atoms with van der Waals surface area (Å²) in [6.07, 6.45) is 8.90. The van der Waals surface area contributed by atoms with Gasteiger partial charge < -0.3 is 20.1 Å². The summed E-state index contributed by atoms with van der Waals surface area (Å²) in [5.74, 6) is -0.210. The lowest BCUT2D eigenvalue weighted by molar-refractivity contribution is 0.107. The standard InChI is InChI=1S/C38H42F3N9O2/c1-20-18-51-35(43-3)31-32(29(41)12-26-24(28-14-37(28)8-9-37)5-6-30-27(26)16-45-48-30)46-36(52-19-38-7-4-10-49(38)17-23(40)13-38)47-34(31)50(20)21(2)25-11-22(39)15-44-33(25)42/h5-6,11-12,15-16,20-21,23,28H,4,7-10,13-14,17-19H2,1-3H3,(H2,42,44)(H,45,48)/b29-12-,43-35?/t20-,21?,23?,28?,38-/m0/s1. The number of nitrogen functional groups attached to an aromatic ring is 1. The highest BCUT2D eigenvalue weighted by Crippen LogP contribution is 2.75. The number of pyridine rings is 1. The molecule has 4 fully saturated rings. The maximum absolute atomic E-state index is 17.4. The molecule has 14 heteroatoms. The van der Waals surface area contributed by atoms with Gasteiger partial charge in [-0.3, -0.25) is 15.0 Å². The topological polar surface area (TPSA) is 131 Å². The second-order valence-corrected chi connectivity index (χ2v) is 15.3. The van der Waals surface area contributed by atoms with Gasteiger partial charge in [-0.2, -0.15) is 15.1 Å². The summed E-state index contributed by atoms with van der Waals surface area (Å²) in [7, 11) is 1.57. The van der Waals surface area contributed by atoms with E-state index in [1.165, 1.54) is 25.0 Å². The van der Waals surface area contributed by atoms with Crippen molar-refractivity contribution in [2.75, 3.05) is 44.0 Å². The molecule has 9 rings (SSSR count). The van der Waals surface area contributed by atoms with Gasteiger partial charge in [0.25, 0.3) is 0 Å². The van der Waals surface area contributed by atoms with Crippen molar-refractivity contribution in [3.63, 3.8) is 0 Å². The van der Waals surface area contributed by atoms with Crippen molar-refractivity contribution >= 4 is 40.3 Å². The second kappa shape index (κ2) is 12.2. The van der Waals surface area contributed by atoms with Crippen LogP contribution >= 0.6 is 0 Å². The first-order valence-electron chi connectivity index (χ1n) is 18.2. The molecule has 3 aromatic heterocycles. The number of aliphatic imine (C=N–C) groups is 1. The molecule has 1 aromatic carbocycles. The molecule has 2 saturated carbocycles. The van der Waals surface area contributed by atoms with E-state index in [1.807, 2.05) is 24.8 Å². The Morgan fingerprint density at radius 2 is 2.08 bits per heavy atom. The Morgan fingerprint density at radius 1 is 1.23 bits per heavy atom. The molecule has 0 radical (unpaired) electrons. The molecule has 3 unspecified atom stereocenters. The van der Waals surface area contributed by atoms with Crippen molar-refractivity contribution in [2.45, 2.75) is 82.1 Å². The summed E-state index contributed by atoms with van der Waals surface area (Å²) in [4.78, 5) is 22.2. The number of hydrogen-bond donors (Lipinski definition) is 2. The zero-order valence-electron chi connectivity index (χ0n) is 29.5. The van der Waals surface area contributed by atoms with E-state index in [0.29, 0.717) is 35.7 Å². The largest absolute Gasteiger partial charge is 0.475 e. The zero-order chi connectivity index (χ0) is 35.9. The van der Waals surface area contributed by atoms with Crippen LogP contribution in [0.25, 0.3) is 22.8 Å². The maximum atomic E-state index is 17.4. The third-order valence-corrected chi connectivity index (χ3v) is 12.1. The van der Waals surface area contributed by atoms with Gasteiger partial charge in [-0.15, -0.1) is 0 Å². The summed E-state index contributed by atoms with van der Waals surface area (Å²) >= 11 is 0. The molecule has 2 saturated heterocycles. The molecule has 3 aliphatic heterocycles. The summed E-state index contributed by atoms with van der Waals surface area (Å²) in [6, 6.07) is 4.42. The van der Waals surface area contributed by atoms with E-state index < -0.39 is 29.4 Å². The molecular formula is C38H42F3N9O2. The van der Waals surface area contributed by atoms with Crippen LogP contribution in [0, 0.1) is 11.2 Å². The number of aromatic nitrogens is 5. The van der Waals surface area contributed by atoms with E-state index in [2.05, 4.69) is 31.1 Å². The monoisotopic (exact) mass is 713 g/mol. The first-order chi connectivity index (χ1) is 25.1. The van der Waals surface area contributed by atoms with Crippen molar-refractivity contribution in [3.8, 4) is 6.01 Å². The predicted octanol–water partition coefficient (Wildman–Crippen LogP) is 6.52. The van der Waals surface area contributed by atoms with E-state index in [9.17, 15) is 8.78 Å². The Kier molecular flexibility index (Phi) is 7.76. The van der Waals surface area contributed by atoms with Gasteiger partial charge in [0.1, 0.15) is 48.1 Å². The number of hydrogen-bond acceptors (Lipinski definition) is 10. The number of nitrogens with two attached hydrogens (primary N) is 1. The third-order valence-electron chi connectivity index (χ3n) is 12.1. The van der Waals surface area contributed by atoms with Crippen molar-refractivity contribution in [3.05, 3.63) is 64.4 Å². The molecule has 0 amide bonds. The number of fused-ring (bicyclic) bond motifs is 3. The summed E-state index contributed by atoms with van der Waals surface area (Å²) in [5.41, 5.74) is 9.38. The predicted molar refractivity (Wildman–Crippen MR) is 192 cm³/mol. The lowest BCUT2D eigenvalue weighted by Crippen LogP contribution is -2.43. The van der Waals surface area contributed by atoms with Crippen LogP contribution in [0.15, 0.2) is 35.6 Å². The quantitative estimate of drug-likeness (QED) is 0.210. The van der Waals surface area contributed by atoms with E-state index in [0.717, 1.165) is 54.0 Å². The Bertz CT molecular complexity index is 2130. The number of nitrogens with one attached hydrogen (secondary N) is 1. The molecular weight excluding hydrogens is 671 g/mol. The summed E-state index contributed by atoms with van der Waals surface area (Å²) in [5, 5.41) is 8.11. The SMILES string of the molecule is CN=C1OC[C@H](C)N(C(C)c2cc(F)cnc2N)c2nc(OC[C@@]34CCCN3CC(F)C4)nc(/C(F)=C/c3c(C4CC45CC5)ccc4[nH]ncc34)c21. The number of alkyl halides is 1. The second-order valence-electron chi connectivity index (χ2n) is 15.3. The molecule has 1 spiro atoms. The van der Waals surface area contributed by atoms with Crippen LogP contribution in [0.2, 0.25) is 0 Å². The van der Waals surface area contributed by atoms with Crippen molar-refractivity contribution in [1.82, 2.24) is 30.0 Å². The molecule has 11 nitrogen and oxygen atoms in total. The molecule has 4 aromatic rings. The molecule has 0 bridgehead atoms. The van der Waals surface area contributed by atoms with Gasteiger partial charge in [0.15, 0.2) is 5.83 Å². The summed E-state index contributed by atoms with van der Waals surface area (Å²) < 4.78 is 59.4. The van der Waals surface area contributed by atoms with E-state index >= 15 is 4.39 Å². The van der Waals surface area contributed by atoms with Crippen molar-refractivity contribution in [2.24, 2.45) is 10.4 Å². The summed E-state index contributed by atoms with van der Waals surface area (Å²) in [6.45, 7) is 5.26. The van der Waals surface area contributed by atoms with Crippen LogP contribution in [0.1, 0.15) is 92.3 Å². The minimum atomic E-state index is -0.947. The van der Waals surface area contributed by atoms with Gasteiger partial charge in [-0.05, 0) is 93.2 Å². The highest BCUT2D eigenvalue weighted by Gasteiger charge is 2.63. The van der Waals surface area contributed by atoms with Gasteiger partial charge >= 0.3 is 6.01 Å². The van der Waals surface area contributed by atoms with Crippen molar-refractivity contribution in [1.29, 1.82) is 0 Å². The number of nitrogens with zero attached hydrogens (tertiary/aromatic N) is 7. The van der Waals surface area contributed by atoms with Crippen LogP contribution in [0.4, 0.5) is 24.8 Å². The van der Waals surface area contributed by atoms with Crippen LogP contribution in [0.3, 0.4) is 0 Å². The number of ether oxygens (including phenoxy) is 2. The van der Waals surface area contributed by atoms with E-state index in [4.69, 9.17) is 25.2 Å². The average molecular weight is 714 g/mol. The molecule has 6 heterocycles. The fourth-order valence-electron chi connectivity index (χ4n) is 9.17. The van der Waals surface area contributed by atoms with Gasteiger partial charge in [-0.1, -0.05) is 6.07 Å². The third kappa shape index (κ3) is 5.40. The number of anilines is 2. The smallest absolute Gasteiger partial charge is 0.319 e. The van der Waals surface area contributed by atoms with Crippen LogP contribution in [-0.2, 0) is 4.74 Å². The van der Waals surface area contributed by atoms with Crippen LogP contribution in [-0.4, -0.2) is 87.1 Å². The van der Waals surface area contributed by atoms with Crippen LogP contribution in [0.5, 0.6) is 6.01 Å². The van der Waals surface area contributed by atoms with Crippen LogP contribution < -0.4 is 15.4 Å². The lowest BCUT2D eigenvalue weighted by atomic mass is 9.95. The molecule has 5 atom stereocenters. The lowest BCUT2D eigenvalue weighted by Gasteiger charge is -2.35. The molecule has 2 aliphatic carbocycles. The fourth-order valence-corrected chi connectivity index (χ4v) is 9.17. The number of halogens is 3. The molecule has 272 valence electrons. The Hall–Kier alpha value is -4.72. The van der Waals surface area contributed by atoms with Gasteiger partial charge in [-0.25, -0.2) is 18.2 Å². The first-order valence-corrected chi connectivity index (χ1v) is 18.2. The number of H-pyrrole nitrogens is 1. The van der Waals surface area contributed by atoms with E-state index in [1.54, 1.807) is 13.2 Å².